The quantitative estimate of drug-likeness (QED) is 0.933. The number of hydrogen-bond acceptors (Lipinski definition) is 3. The fraction of sp³-hybridized carbons (Fsp3) is 0.188. The number of rotatable bonds is 4. The minimum absolute atomic E-state index is 0.0658. The highest BCUT2D eigenvalue weighted by molar-refractivity contribution is 7.92. The summed E-state index contributed by atoms with van der Waals surface area (Å²) in [5, 5.41) is 2.47. The molecule has 23 heavy (non-hydrogen) atoms. The highest BCUT2D eigenvalue weighted by Gasteiger charge is 2.17. The molecule has 2 aromatic carbocycles. The van der Waals surface area contributed by atoms with Crippen molar-refractivity contribution in [2.24, 2.45) is 0 Å². The number of anilines is 2. The lowest BCUT2D eigenvalue weighted by atomic mass is 10.1. The van der Waals surface area contributed by atoms with Gasteiger partial charge in [-0.1, -0.05) is 18.2 Å². The molecule has 0 saturated carbocycles. The molecule has 0 bridgehead atoms. The van der Waals surface area contributed by atoms with Crippen LogP contribution in [0.5, 0.6) is 0 Å². The SMILES string of the molecule is Cc1ccc(C(=O)Nc2ccccc2F)cc1N(C)S(C)(=O)=O. The zero-order valence-corrected chi connectivity index (χ0v) is 13.8. The van der Waals surface area contributed by atoms with Crippen molar-refractivity contribution in [3.8, 4) is 0 Å². The number of para-hydroxylation sites is 1. The average Bonchev–Trinajstić information content (AvgIpc) is 2.48. The monoisotopic (exact) mass is 336 g/mol. The molecule has 0 atom stereocenters. The maximum atomic E-state index is 13.6. The first kappa shape index (κ1) is 17.0. The molecular weight excluding hydrogens is 319 g/mol. The predicted molar refractivity (Wildman–Crippen MR) is 88.8 cm³/mol. The fourth-order valence-corrected chi connectivity index (χ4v) is 2.58. The van der Waals surface area contributed by atoms with Gasteiger partial charge in [0.05, 0.1) is 17.6 Å². The fourth-order valence-electron chi connectivity index (χ4n) is 2.03. The van der Waals surface area contributed by atoms with E-state index < -0.39 is 21.7 Å². The van der Waals surface area contributed by atoms with Crippen LogP contribution in [0.15, 0.2) is 42.5 Å². The van der Waals surface area contributed by atoms with E-state index in [4.69, 9.17) is 0 Å². The van der Waals surface area contributed by atoms with Crippen LogP contribution in [0.3, 0.4) is 0 Å². The molecule has 0 aliphatic heterocycles. The van der Waals surface area contributed by atoms with Crippen molar-refractivity contribution in [3.05, 3.63) is 59.4 Å². The number of hydrogen-bond donors (Lipinski definition) is 1. The summed E-state index contributed by atoms with van der Waals surface area (Å²) in [7, 11) is -2.03. The summed E-state index contributed by atoms with van der Waals surface area (Å²) in [5.41, 5.74) is 1.41. The van der Waals surface area contributed by atoms with Crippen molar-refractivity contribution < 1.29 is 17.6 Å². The van der Waals surface area contributed by atoms with E-state index in [9.17, 15) is 17.6 Å². The molecule has 0 fully saturated rings. The van der Waals surface area contributed by atoms with Crippen LogP contribution in [0.25, 0.3) is 0 Å². The van der Waals surface area contributed by atoms with E-state index in [1.54, 1.807) is 25.1 Å². The normalized spacial score (nSPS) is 11.1. The molecule has 2 rings (SSSR count). The summed E-state index contributed by atoms with van der Waals surface area (Å²) >= 11 is 0. The molecule has 122 valence electrons. The third kappa shape index (κ3) is 3.87. The van der Waals surface area contributed by atoms with Crippen molar-refractivity contribution >= 4 is 27.3 Å². The van der Waals surface area contributed by atoms with Crippen molar-refractivity contribution in [1.82, 2.24) is 0 Å². The van der Waals surface area contributed by atoms with Gasteiger partial charge in [0.25, 0.3) is 5.91 Å². The summed E-state index contributed by atoms with van der Waals surface area (Å²) in [6.07, 6.45) is 1.08. The van der Waals surface area contributed by atoms with Gasteiger partial charge >= 0.3 is 0 Å². The Morgan fingerprint density at radius 3 is 2.43 bits per heavy atom. The lowest BCUT2D eigenvalue weighted by Crippen LogP contribution is -2.26. The highest BCUT2D eigenvalue weighted by atomic mass is 32.2. The zero-order valence-electron chi connectivity index (χ0n) is 13.0. The Labute approximate surface area is 134 Å². The lowest BCUT2D eigenvalue weighted by molar-refractivity contribution is 0.102. The number of aryl methyl sites for hydroxylation is 1. The van der Waals surface area contributed by atoms with E-state index in [0.29, 0.717) is 11.3 Å². The maximum absolute atomic E-state index is 13.6. The Kier molecular flexibility index (Phi) is 4.70. The Balaban J connectivity index is 2.34. The smallest absolute Gasteiger partial charge is 0.255 e. The van der Waals surface area contributed by atoms with Gasteiger partial charge < -0.3 is 5.32 Å². The molecule has 7 heteroatoms. The van der Waals surface area contributed by atoms with Gasteiger partial charge in [-0.3, -0.25) is 9.10 Å². The number of carbonyl (C=O) groups excluding carboxylic acids is 1. The molecule has 0 saturated heterocycles. The number of nitrogens with zero attached hydrogens (tertiary/aromatic N) is 1. The number of sulfonamides is 1. The van der Waals surface area contributed by atoms with Crippen LogP contribution in [0.4, 0.5) is 15.8 Å². The van der Waals surface area contributed by atoms with Crippen molar-refractivity contribution in [1.29, 1.82) is 0 Å². The molecule has 0 radical (unpaired) electrons. The highest BCUT2D eigenvalue weighted by Crippen LogP contribution is 2.23. The number of nitrogens with one attached hydrogen (secondary N) is 1. The van der Waals surface area contributed by atoms with Gasteiger partial charge in [-0.15, -0.1) is 0 Å². The second kappa shape index (κ2) is 6.37. The number of carbonyl (C=O) groups is 1. The summed E-state index contributed by atoms with van der Waals surface area (Å²) in [5.74, 6) is -1.06. The largest absolute Gasteiger partial charge is 0.319 e. The van der Waals surface area contributed by atoms with Gasteiger partial charge in [0.15, 0.2) is 0 Å². The zero-order chi connectivity index (χ0) is 17.2. The summed E-state index contributed by atoms with van der Waals surface area (Å²) in [6.45, 7) is 1.75. The van der Waals surface area contributed by atoms with E-state index in [-0.39, 0.29) is 11.3 Å². The van der Waals surface area contributed by atoms with Crippen LogP contribution >= 0.6 is 0 Å². The van der Waals surface area contributed by atoms with Crippen LogP contribution in [0, 0.1) is 12.7 Å². The van der Waals surface area contributed by atoms with Gasteiger partial charge in [-0.2, -0.15) is 0 Å². The molecule has 0 heterocycles. The van der Waals surface area contributed by atoms with Gasteiger partial charge in [-0.05, 0) is 36.8 Å². The molecule has 1 amide bonds. The van der Waals surface area contributed by atoms with E-state index in [0.717, 1.165) is 10.6 Å². The van der Waals surface area contributed by atoms with Gasteiger partial charge in [0.2, 0.25) is 10.0 Å². The van der Waals surface area contributed by atoms with E-state index in [2.05, 4.69) is 5.32 Å². The number of halogens is 1. The number of benzene rings is 2. The van der Waals surface area contributed by atoms with Gasteiger partial charge in [0.1, 0.15) is 5.82 Å². The standard InChI is InChI=1S/C16H17FN2O3S/c1-11-8-9-12(10-15(11)19(2)23(3,21)22)16(20)18-14-7-5-4-6-13(14)17/h4-10H,1-3H3,(H,18,20). The minimum atomic E-state index is -3.44. The van der Waals surface area contributed by atoms with Gasteiger partial charge in [-0.25, -0.2) is 12.8 Å². The van der Waals surface area contributed by atoms with E-state index in [1.165, 1.54) is 31.3 Å². The molecule has 0 unspecified atom stereocenters. The lowest BCUT2D eigenvalue weighted by Gasteiger charge is -2.19. The molecule has 0 aliphatic carbocycles. The van der Waals surface area contributed by atoms with Crippen LogP contribution in [0.2, 0.25) is 0 Å². The Morgan fingerprint density at radius 1 is 1.17 bits per heavy atom. The molecule has 5 nitrogen and oxygen atoms in total. The Morgan fingerprint density at radius 2 is 1.83 bits per heavy atom. The maximum Gasteiger partial charge on any atom is 0.255 e. The second-order valence-electron chi connectivity index (χ2n) is 5.17. The van der Waals surface area contributed by atoms with Gasteiger partial charge in [0, 0.05) is 12.6 Å². The van der Waals surface area contributed by atoms with Crippen molar-refractivity contribution in [2.75, 3.05) is 22.9 Å². The third-order valence-corrected chi connectivity index (χ3v) is 4.62. The predicted octanol–water partition coefficient (Wildman–Crippen LogP) is 2.78. The molecule has 2 aromatic rings. The van der Waals surface area contributed by atoms with E-state index in [1.807, 2.05) is 0 Å². The summed E-state index contributed by atoms with van der Waals surface area (Å²) < 4.78 is 38.0. The molecule has 0 aliphatic rings. The molecule has 0 aromatic heterocycles. The first-order valence-corrected chi connectivity index (χ1v) is 8.65. The first-order chi connectivity index (χ1) is 10.7. The van der Waals surface area contributed by atoms with Crippen LogP contribution in [-0.2, 0) is 10.0 Å². The second-order valence-corrected chi connectivity index (χ2v) is 7.18. The van der Waals surface area contributed by atoms with E-state index >= 15 is 0 Å². The summed E-state index contributed by atoms with van der Waals surface area (Å²) in [6, 6.07) is 10.5. The van der Waals surface area contributed by atoms with Crippen LogP contribution in [-0.4, -0.2) is 27.6 Å². The topological polar surface area (TPSA) is 66.5 Å². The third-order valence-electron chi connectivity index (χ3n) is 3.43. The van der Waals surface area contributed by atoms with Crippen molar-refractivity contribution in [2.45, 2.75) is 6.92 Å². The minimum Gasteiger partial charge on any atom is -0.319 e. The summed E-state index contributed by atoms with van der Waals surface area (Å²) in [4.78, 5) is 12.3. The first-order valence-electron chi connectivity index (χ1n) is 6.80. The number of amides is 1. The molecular formula is C16H17FN2O3S. The van der Waals surface area contributed by atoms with Crippen LogP contribution < -0.4 is 9.62 Å². The average molecular weight is 336 g/mol. The Bertz CT molecular complexity index is 850. The van der Waals surface area contributed by atoms with Crippen molar-refractivity contribution in [3.63, 3.8) is 0 Å². The van der Waals surface area contributed by atoms with Crippen LogP contribution in [0.1, 0.15) is 15.9 Å². The Hall–Kier alpha value is -2.41. The molecule has 1 N–H and O–H groups in total. The molecule has 0 spiro atoms.